The van der Waals surface area contributed by atoms with Gasteiger partial charge in [0.25, 0.3) is 5.91 Å². The summed E-state index contributed by atoms with van der Waals surface area (Å²) in [5.41, 5.74) is 0.363. The second-order valence-corrected chi connectivity index (χ2v) is 4.81. The van der Waals surface area contributed by atoms with E-state index in [4.69, 9.17) is 0 Å². The third-order valence-corrected chi connectivity index (χ3v) is 2.60. The van der Waals surface area contributed by atoms with Gasteiger partial charge in [0.05, 0.1) is 0 Å². The van der Waals surface area contributed by atoms with Crippen LogP contribution in [-0.4, -0.2) is 21.2 Å². The van der Waals surface area contributed by atoms with Crippen LogP contribution in [0.15, 0.2) is 29.2 Å². The molecule has 1 N–H and O–H groups in total. The molecule has 1 aromatic carbocycles. The van der Waals surface area contributed by atoms with Crippen molar-refractivity contribution in [2.75, 3.05) is 6.54 Å². The van der Waals surface area contributed by atoms with E-state index in [9.17, 15) is 13.6 Å². The summed E-state index contributed by atoms with van der Waals surface area (Å²) in [7, 11) is 0. The second-order valence-electron chi connectivity index (χ2n) is 3.87. The van der Waals surface area contributed by atoms with Crippen molar-refractivity contribution in [2.45, 2.75) is 18.7 Å². The zero-order chi connectivity index (χ0) is 12.1. The van der Waals surface area contributed by atoms with Crippen molar-refractivity contribution in [3.05, 3.63) is 29.8 Å². The summed E-state index contributed by atoms with van der Waals surface area (Å²) >= 11 is -2.30. The molecule has 1 unspecified atom stereocenters. The molecule has 0 bridgehead atoms. The van der Waals surface area contributed by atoms with E-state index in [1.54, 1.807) is 12.1 Å². The van der Waals surface area contributed by atoms with Gasteiger partial charge in [0, 0.05) is 17.0 Å². The summed E-state index contributed by atoms with van der Waals surface area (Å²) in [5, 5.41) is 2.72. The van der Waals surface area contributed by atoms with E-state index in [2.05, 4.69) is 5.32 Å². The Hall–Kier alpha value is -1.20. The van der Waals surface area contributed by atoms with E-state index in [1.165, 1.54) is 12.1 Å². The minimum atomic E-state index is -2.30. The molecule has 0 aliphatic rings. The van der Waals surface area contributed by atoms with Gasteiger partial charge in [-0.3, -0.25) is 9.00 Å². The van der Waals surface area contributed by atoms with Crippen LogP contribution in [0.2, 0.25) is 0 Å². The third-order valence-electron chi connectivity index (χ3n) is 1.96. The van der Waals surface area contributed by atoms with Gasteiger partial charge in [0.2, 0.25) is 0 Å². The van der Waals surface area contributed by atoms with Crippen molar-refractivity contribution < 1.29 is 13.6 Å². The predicted octanol–water partition coefficient (Wildman–Crippen LogP) is 1.31. The molecule has 0 aliphatic carbocycles. The van der Waals surface area contributed by atoms with E-state index in [0.717, 1.165) is 0 Å². The number of hydrogen-bond acceptors (Lipinski definition) is 3. The average molecular weight is 240 g/mol. The van der Waals surface area contributed by atoms with Crippen LogP contribution < -0.4 is 5.32 Å². The Bertz CT molecular complexity index is 404. The average Bonchev–Trinajstić information content (AvgIpc) is 2.26. The summed E-state index contributed by atoms with van der Waals surface area (Å²) in [6.45, 7) is 4.55. The number of carbonyl (C=O) groups is 1. The number of rotatable bonds is 4. The Labute approximate surface area is 97.3 Å². The third kappa shape index (κ3) is 3.75. The summed E-state index contributed by atoms with van der Waals surface area (Å²) < 4.78 is 21.4. The first kappa shape index (κ1) is 12.9. The smallest absolute Gasteiger partial charge is 0.251 e. The van der Waals surface area contributed by atoms with Crippen molar-refractivity contribution in [1.82, 2.24) is 5.32 Å². The van der Waals surface area contributed by atoms with Crippen LogP contribution in [0.4, 0.5) is 0 Å². The first-order valence-corrected chi connectivity index (χ1v) is 6.05. The van der Waals surface area contributed by atoms with Gasteiger partial charge in [-0.25, -0.2) is 0 Å². The van der Waals surface area contributed by atoms with Gasteiger partial charge in [0.1, 0.15) is 0 Å². The molecule has 88 valence electrons. The first-order chi connectivity index (χ1) is 7.50. The molecule has 1 aromatic rings. The molecule has 16 heavy (non-hydrogen) atoms. The molecule has 1 rings (SSSR count). The lowest BCUT2D eigenvalue weighted by Gasteiger charge is -2.09. The lowest BCUT2D eigenvalue weighted by molar-refractivity contribution is 0.0949. The minimum Gasteiger partial charge on any atom is -0.768 e. The Morgan fingerprint density at radius 3 is 2.75 bits per heavy atom. The van der Waals surface area contributed by atoms with Crippen LogP contribution in [-0.2, 0) is 11.1 Å². The van der Waals surface area contributed by atoms with Crippen LogP contribution >= 0.6 is 0 Å². The fourth-order valence-electron chi connectivity index (χ4n) is 1.14. The molecule has 0 heterocycles. The van der Waals surface area contributed by atoms with Gasteiger partial charge in [-0.15, -0.1) is 0 Å². The zero-order valence-electron chi connectivity index (χ0n) is 9.23. The molecule has 0 radical (unpaired) electrons. The molecule has 1 amide bonds. The van der Waals surface area contributed by atoms with E-state index in [0.29, 0.717) is 18.0 Å². The number of amides is 1. The van der Waals surface area contributed by atoms with Crippen molar-refractivity contribution in [2.24, 2.45) is 5.92 Å². The Morgan fingerprint density at radius 1 is 1.50 bits per heavy atom. The molecule has 0 saturated heterocycles. The number of hydrogen-bond donors (Lipinski definition) is 1. The summed E-state index contributed by atoms with van der Waals surface area (Å²) in [4.78, 5) is 11.7. The predicted molar refractivity (Wildman–Crippen MR) is 60.8 cm³/mol. The standard InChI is InChI=1S/C11H15NO3S/c1-8(2)7-12-11(13)9-4-3-5-10(6-9)16(14)15/h3-6,8H,7H2,1-2H3,(H,12,13)(H,14,15)/p-1. The highest BCUT2D eigenvalue weighted by Crippen LogP contribution is 2.08. The fraction of sp³-hybridized carbons (Fsp3) is 0.364. The molecular weight excluding hydrogens is 226 g/mol. The van der Waals surface area contributed by atoms with Gasteiger partial charge >= 0.3 is 0 Å². The van der Waals surface area contributed by atoms with Crippen LogP contribution in [0.25, 0.3) is 0 Å². The Balaban J connectivity index is 2.76. The molecule has 1 atom stereocenters. The largest absolute Gasteiger partial charge is 0.768 e. The fourth-order valence-corrected chi connectivity index (χ4v) is 1.55. The summed E-state index contributed by atoms with van der Waals surface area (Å²) in [6.07, 6.45) is 0. The van der Waals surface area contributed by atoms with E-state index < -0.39 is 11.1 Å². The Kier molecular flexibility index (Phi) is 4.64. The van der Waals surface area contributed by atoms with Gasteiger partial charge < -0.3 is 9.87 Å². The van der Waals surface area contributed by atoms with Crippen LogP contribution in [0.5, 0.6) is 0 Å². The molecule has 5 heteroatoms. The number of benzene rings is 1. The maximum atomic E-state index is 11.6. The van der Waals surface area contributed by atoms with Crippen molar-refractivity contribution in [3.63, 3.8) is 0 Å². The summed E-state index contributed by atoms with van der Waals surface area (Å²) in [6, 6.07) is 5.95. The molecule has 0 spiro atoms. The lowest BCUT2D eigenvalue weighted by atomic mass is 10.2. The van der Waals surface area contributed by atoms with Crippen LogP contribution in [0.1, 0.15) is 24.2 Å². The van der Waals surface area contributed by atoms with Crippen molar-refractivity contribution in [1.29, 1.82) is 0 Å². The molecule has 0 saturated carbocycles. The van der Waals surface area contributed by atoms with Gasteiger partial charge in [-0.1, -0.05) is 19.9 Å². The molecular formula is C11H14NO3S-. The van der Waals surface area contributed by atoms with E-state index in [-0.39, 0.29) is 10.8 Å². The highest BCUT2D eigenvalue weighted by Gasteiger charge is 2.06. The number of nitrogens with one attached hydrogen (secondary N) is 1. The first-order valence-electron chi connectivity index (χ1n) is 4.98. The Morgan fingerprint density at radius 2 is 2.19 bits per heavy atom. The van der Waals surface area contributed by atoms with E-state index in [1.807, 2.05) is 13.8 Å². The molecule has 4 nitrogen and oxygen atoms in total. The molecule has 0 aromatic heterocycles. The SMILES string of the molecule is CC(C)CNC(=O)c1cccc(S(=O)[O-])c1. The van der Waals surface area contributed by atoms with Gasteiger partial charge in [0.15, 0.2) is 0 Å². The maximum Gasteiger partial charge on any atom is 0.251 e. The monoisotopic (exact) mass is 240 g/mol. The maximum absolute atomic E-state index is 11.6. The van der Waals surface area contributed by atoms with E-state index >= 15 is 0 Å². The highest BCUT2D eigenvalue weighted by molar-refractivity contribution is 7.79. The van der Waals surface area contributed by atoms with Crippen LogP contribution in [0.3, 0.4) is 0 Å². The molecule has 0 aliphatic heterocycles. The van der Waals surface area contributed by atoms with Crippen LogP contribution in [0, 0.1) is 5.92 Å². The minimum absolute atomic E-state index is 0.122. The quantitative estimate of drug-likeness (QED) is 0.807. The summed E-state index contributed by atoms with van der Waals surface area (Å²) in [5.74, 6) is 0.113. The van der Waals surface area contributed by atoms with Gasteiger partial charge in [-0.2, -0.15) is 0 Å². The van der Waals surface area contributed by atoms with Crippen molar-refractivity contribution in [3.8, 4) is 0 Å². The highest BCUT2D eigenvalue weighted by atomic mass is 32.2. The normalized spacial score (nSPS) is 12.5. The zero-order valence-corrected chi connectivity index (χ0v) is 10.0. The topological polar surface area (TPSA) is 69.2 Å². The van der Waals surface area contributed by atoms with Crippen molar-refractivity contribution >= 4 is 17.0 Å². The number of carbonyl (C=O) groups excluding carboxylic acids is 1. The molecule has 0 fully saturated rings. The lowest BCUT2D eigenvalue weighted by Crippen LogP contribution is -2.27. The second kappa shape index (κ2) is 5.77. The van der Waals surface area contributed by atoms with Gasteiger partial charge in [-0.05, 0) is 35.2 Å².